The van der Waals surface area contributed by atoms with Crippen molar-refractivity contribution < 1.29 is 18.3 Å². The van der Waals surface area contributed by atoms with Crippen LogP contribution in [0.3, 0.4) is 0 Å². The first-order chi connectivity index (χ1) is 9.96. The van der Waals surface area contributed by atoms with Gasteiger partial charge in [0, 0.05) is 0 Å². The van der Waals surface area contributed by atoms with E-state index in [4.69, 9.17) is 0 Å². The first-order valence-corrected chi connectivity index (χ1v) is 10.2. The summed E-state index contributed by atoms with van der Waals surface area (Å²) in [5, 5.41) is 9.31. The van der Waals surface area contributed by atoms with Crippen LogP contribution in [0.1, 0.15) is 71.1 Å². The number of rotatable bonds is 11. The van der Waals surface area contributed by atoms with E-state index in [-0.39, 0.29) is 17.4 Å². The minimum Gasteiger partial charge on any atom is -0.481 e. The Balaban J connectivity index is 2.19. The molecule has 0 aromatic carbocycles. The van der Waals surface area contributed by atoms with Gasteiger partial charge in [0.2, 0.25) is 0 Å². The molecule has 5 heteroatoms. The standard InChI is InChI=1S/C16H30O4S/c1-2-3-4-5-6-7-8-9-10-15(16(17)18)14-11-12-21(19,20)13-14/h14-15H,2-13H2,1H3,(H,17,18). The lowest BCUT2D eigenvalue weighted by molar-refractivity contribution is -0.143. The summed E-state index contributed by atoms with van der Waals surface area (Å²) in [5.41, 5.74) is 0. The molecule has 0 aromatic heterocycles. The Bertz CT molecular complexity index is 403. The lowest BCUT2D eigenvalue weighted by Gasteiger charge is -2.17. The van der Waals surface area contributed by atoms with Crippen LogP contribution < -0.4 is 0 Å². The van der Waals surface area contributed by atoms with Crippen LogP contribution in [0.5, 0.6) is 0 Å². The monoisotopic (exact) mass is 318 g/mol. The van der Waals surface area contributed by atoms with Gasteiger partial charge in [-0.05, 0) is 18.8 Å². The molecule has 0 amide bonds. The van der Waals surface area contributed by atoms with E-state index in [2.05, 4.69) is 6.92 Å². The van der Waals surface area contributed by atoms with Gasteiger partial charge in [0.1, 0.15) is 0 Å². The molecule has 0 radical (unpaired) electrons. The average Bonchev–Trinajstić information content (AvgIpc) is 2.76. The zero-order valence-electron chi connectivity index (χ0n) is 13.2. The van der Waals surface area contributed by atoms with Gasteiger partial charge in [0.05, 0.1) is 17.4 Å². The molecule has 2 atom stereocenters. The van der Waals surface area contributed by atoms with Crippen LogP contribution >= 0.6 is 0 Å². The van der Waals surface area contributed by atoms with Crippen molar-refractivity contribution in [3.05, 3.63) is 0 Å². The maximum absolute atomic E-state index is 11.5. The molecule has 1 N–H and O–H groups in total. The van der Waals surface area contributed by atoms with E-state index < -0.39 is 21.7 Å². The normalized spacial score (nSPS) is 22.2. The topological polar surface area (TPSA) is 71.4 Å². The van der Waals surface area contributed by atoms with Crippen LogP contribution in [0.15, 0.2) is 0 Å². The summed E-state index contributed by atoms with van der Waals surface area (Å²) in [4.78, 5) is 11.3. The molecule has 1 heterocycles. The van der Waals surface area contributed by atoms with Crippen molar-refractivity contribution in [2.75, 3.05) is 11.5 Å². The second-order valence-electron chi connectivity index (χ2n) is 6.37. The van der Waals surface area contributed by atoms with E-state index in [9.17, 15) is 18.3 Å². The minimum absolute atomic E-state index is 0.0704. The number of aliphatic carboxylic acids is 1. The van der Waals surface area contributed by atoms with Gasteiger partial charge in [0.25, 0.3) is 0 Å². The number of carbonyl (C=O) groups is 1. The lowest BCUT2D eigenvalue weighted by Crippen LogP contribution is -2.24. The van der Waals surface area contributed by atoms with Gasteiger partial charge in [-0.15, -0.1) is 0 Å². The molecule has 0 bridgehead atoms. The van der Waals surface area contributed by atoms with Crippen molar-refractivity contribution in [1.29, 1.82) is 0 Å². The maximum Gasteiger partial charge on any atom is 0.306 e. The van der Waals surface area contributed by atoms with E-state index >= 15 is 0 Å². The highest BCUT2D eigenvalue weighted by Crippen LogP contribution is 2.30. The predicted molar refractivity (Wildman–Crippen MR) is 85.1 cm³/mol. The highest BCUT2D eigenvalue weighted by molar-refractivity contribution is 7.91. The first-order valence-electron chi connectivity index (χ1n) is 8.39. The Morgan fingerprint density at radius 3 is 2.14 bits per heavy atom. The van der Waals surface area contributed by atoms with Crippen molar-refractivity contribution >= 4 is 15.8 Å². The number of carboxylic acids is 1. The molecule has 1 saturated heterocycles. The third kappa shape index (κ3) is 7.30. The first kappa shape index (κ1) is 18.5. The van der Waals surface area contributed by atoms with Crippen molar-refractivity contribution in [2.45, 2.75) is 71.1 Å². The minimum atomic E-state index is -2.99. The zero-order chi connectivity index (χ0) is 15.7. The molecule has 1 fully saturated rings. The summed E-state index contributed by atoms with van der Waals surface area (Å²) in [5.74, 6) is -1.22. The van der Waals surface area contributed by atoms with E-state index in [1.807, 2.05) is 0 Å². The fraction of sp³-hybridized carbons (Fsp3) is 0.938. The van der Waals surface area contributed by atoms with Crippen LogP contribution in [0.2, 0.25) is 0 Å². The summed E-state index contributed by atoms with van der Waals surface area (Å²) in [7, 11) is -2.99. The van der Waals surface area contributed by atoms with Crippen molar-refractivity contribution in [2.24, 2.45) is 11.8 Å². The van der Waals surface area contributed by atoms with Crippen LogP contribution in [0.4, 0.5) is 0 Å². The van der Waals surface area contributed by atoms with E-state index in [0.717, 1.165) is 12.8 Å². The molecule has 1 aliphatic heterocycles. The van der Waals surface area contributed by atoms with Gasteiger partial charge in [-0.25, -0.2) is 8.42 Å². The molecule has 0 saturated carbocycles. The Kier molecular flexibility index (Phi) is 8.30. The second kappa shape index (κ2) is 9.44. The molecular weight excluding hydrogens is 288 g/mol. The Morgan fingerprint density at radius 1 is 1.10 bits per heavy atom. The van der Waals surface area contributed by atoms with Crippen molar-refractivity contribution in [3.8, 4) is 0 Å². The van der Waals surface area contributed by atoms with Gasteiger partial charge in [0.15, 0.2) is 9.84 Å². The van der Waals surface area contributed by atoms with Gasteiger partial charge in [-0.1, -0.05) is 58.3 Å². The molecule has 0 spiro atoms. The Morgan fingerprint density at radius 2 is 1.67 bits per heavy atom. The molecular formula is C16H30O4S. The molecule has 124 valence electrons. The van der Waals surface area contributed by atoms with Gasteiger partial charge in [-0.3, -0.25) is 4.79 Å². The molecule has 0 aliphatic carbocycles. The summed E-state index contributed by atoms with van der Waals surface area (Å²) >= 11 is 0. The fourth-order valence-electron chi connectivity index (χ4n) is 3.20. The molecule has 4 nitrogen and oxygen atoms in total. The van der Waals surface area contributed by atoms with Gasteiger partial charge >= 0.3 is 5.97 Å². The summed E-state index contributed by atoms with van der Waals surface area (Å²) in [6.45, 7) is 2.20. The summed E-state index contributed by atoms with van der Waals surface area (Å²) < 4.78 is 23.0. The number of unbranched alkanes of at least 4 members (excludes halogenated alkanes) is 7. The van der Waals surface area contributed by atoms with E-state index in [1.165, 1.54) is 38.5 Å². The molecule has 1 aliphatic rings. The SMILES string of the molecule is CCCCCCCCCCC(C(=O)O)C1CCS(=O)(=O)C1. The average molecular weight is 318 g/mol. The predicted octanol–water partition coefficient (Wildman–Crippen LogP) is 3.65. The van der Waals surface area contributed by atoms with Crippen LogP contribution in [-0.4, -0.2) is 31.0 Å². The third-order valence-electron chi connectivity index (χ3n) is 4.52. The third-order valence-corrected chi connectivity index (χ3v) is 6.32. The fourth-order valence-corrected chi connectivity index (χ4v) is 5.08. The Labute approximate surface area is 129 Å². The molecule has 0 aromatic rings. The highest BCUT2D eigenvalue weighted by atomic mass is 32.2. The van der Waals surface area contributed by atoms with Crippen LogP contribution in [0.25, 0.3) is 0 Å². The number of carboxylic acid groups (broad SMARTS) is 1. The largest absolute Gasteiger partial charge is 0.481 e. The lowest BCUT2D eigenvalue weighted by atomic mass is 9.87. The van der Waals surface area contributed by atoms with Crippen molar-refractivity contribution in [3.63, 3.8) is 0 Å². The quantitative estimate of drug-likeness (QED) is 0.590. The number of hydrogen-bond donors (Lipinski definition) is 1. The van der Waals surface area contributed by atoms with Crippen molar-refractivity contribution in [1.82, 2.24) is 0 Å². The van der Waals surface area contributed by atoms with Crippen LogP contribution in [-0.2, 0) is 14.6 Å². The molecule has 21 heavy (non-hydrogen) atoms. The smallest absolute Gasteiger partial charge is 0.306 e. The summed E-state index contributed by atoms with van der Waals surface area (Å²) in [6.07, 6.45) is 10.7. The second-order valence-corrected chi connectivity index (χ2v) is 8.60. The molecule has 2 unspecified atom stereocenters. The van der Waals surface area contributed by atoms with Gasteiger partial charge < -0.3 is 5.11 Å². The van der Waals surface area contributed by atoms with E-state index in [1.54, 1.807) is 0 Å². The van der Waals surface area contributed by atoms with E-state index in [0.29, 0.717) is 12.8 Å². The number of sulfone groups is 1. The summed E-state index contributed by atoms with van der Waals surface area (Å²) in [6, 6.07) is 0. The number of hydrogen-bond acceptors (Lipinski definition) is 3. The molecule has 1 rings (SSSR count). The van der Waals surface area contributed by atoms with Gasteiger partial charge in [-0.2, -0.15) is 0 Å². The highest BCUT2D eigenvalue weighted by Gasteiger charge is 2.36. The maximum atomic E-state index is 11.5. The zero-order valence-corrected chi connectivity index (χ0v) is 14.0. The Hall–Kier alpha value is -0.580. The van der Waals surface area contributed by atoms with Crippen LogP contribution in [0, 0.1) is 11.8 Å².